The SMILES string of the molecule is O=S(=O)([O-])C1CC(F)CC(C(F)(F)F)C1. The molecular weight excluding hydrogens is 240 g/mol. The molecule has 3 nitrogen and oxygen atoms in total. The molecule has 8 heteroatoms. The fraction of sp³-hybridized carbons (Fsp3) is 1.00. The summed E-state index contributed by atoms with van der Waals surface area (Å²) in [6.45, 7) is 0. The summed E-state index contributed by atoms with van der Waals surface area (Å²) in [5.74, 6) is -2.03. The fourth-order valence-electron chi connectivity index (χ4n) is 1.70. The van der Waals surface area contributed by atoms with Crippen LogP contribution in [0.5, 0.6) is 0 Å². The van der Waals surface area contributed by atoms with Crippen molar-refractivity contribution in [2.45, 2.75) is 36.9 Å². The lowest BCUT2D eigenvalue weighted by molar-refractivity contribution is -0.186. The van der Waals surface area contributed by atoms with E-state index in [9.17, 15) is 30.5 Å². The summed E-state index contributed by atoms with van der Waals surface area (Å²) >= 11 is 0. The van der Waals surface area contributed by atoms with E-state index in [1.807, 2.05) is 0 Å². The maximum Gasteiger partial charge on any atom is 0.391 e. The summed E-state index contributed by atoms with van der Waals surface area (Å²) in [7, 11) is -4.84. The van der Waals surface area contributed by atoms with Crippen LogP contribution >= 0.6 is 0 Å². The van der Waals surface area contributed by atoms with E-state index in [-0.39, 0.29) is 0 Å². The normalized spacial score (nSPS) is 34.1. The Balaban J connectivity index is 2.82. The molecule has 0 aliphatic heterocycles. The topological polar surface area (TPSA) is 57.2 Å². The van der Waals surface area contributed by atoms with Crippen LogP contribution in [0.15, 0.2) is 0 Å². The Morgan fingerprint density at radius 3 is 2.07 bits per heavy atom. The van der Waals surface area contributed by atoms with Gasteiger partial charge < -0.3 is 4.55 Å². The first-order valence-corrected chi connectivity index (χ1v) is 5.73. The quantitative estimate of drug-likeness (QED) is 0.524. The van der Waals surface area contributed by atoms with E-state index in [1.54, 1.807) is 0 Å². The summed E-state index contributed by atoms with van der Waals surface area (Å²) in [5.41, 5.74) is 0. The van der Waals surface area contributed by atoms with Crippen molar-refractivity contribution < 1.29 is 30.5 Å². The van der Waals surface area contributed by atoms with Crippen molar-refractivity contribution in [2.24, 2.45) is 5.92 Å². The number of halogens is 4. The van der Waals surface area contributed by atoms with Gasteiger partial charge in [0, 0.05) is 0 Å². The summed E-state index contributed by atoms with van der Waals surface area (Å²) in [6.07, 6.45) is -8.73. The van der Waals surface area contributed by atoms with Gasteiger partial charge in [-0.25, -0.2) is 12.8 Å². The van der Waals surface area contributed by atoms with Gasteiger partial charge in [-0.3, -0.25) is 0 Å². The van der Waals surface area contributed by atoms with Gasteiger partial charge >= 0.3 is 6.18 Å². The van der Waals surface area contributed by atoms with Crippen molar-refractivity contribution in [3.8, 4) is 0 Å². The van der Waals surface area contributed by atoms with Gasteiger partial charge in [0.1, 0.15) is 6.17 Å². The molecular formula is C7H9F4O3S-. The molecule has 0 aromatic rings. The summed E-state index contributed by atoms with van der Waals surface area (Å²) in [6, 6.07) is 0. The van der Waals surface area contributed by atoms with E-state index in [0.717, 1.165) is 0 Å². The van der Waals surface area contributed by atoms with Crippen LogP contribution < -0.4 is 0 Å². The molecule has 0 bridgehead atoms. The minimum atomic E-state index is -4.84. The van der Waals surface area contributed by atoms with Crippen molar-refractivity contribution in [1.82, 2.24) is 0 Å². The predicted molar refractivity (Wildman–Crippen MR) is 41.8 cm³/mol. The van der Waals surface area contributed by atoms with Crippen LogP contribution in [0.2, 0.25) is 0 Å². The van der Waals surface area contributed by atoms with Gasteiger partial charge in [0.05, 0.1) is 21.3 Å². The zero-order valence-corrected chi connectivity index (χ0v) is 8.31. The number of hydrogen-bond acceptors (Lipinski definition) is 3. The third-order valence-corrected chi connectivity index (χ3v) is 3.68. The lowest BCUT2D eigenvalue weighted by atomic mass is 9.87. The van der Waals surface area contributed by atoms with Crippen LogP contribution in [0, 0.1) is 5.92 Å². The Morgan fingerprint density at radius 2 is 1.67 bits per heavy atom. The minimum Gasteiger partial charge on any atom is -0.748 e. The number of rotatable bonds is 1. The molecule has 0 saturated heterocycles. The molecule has 15 heavy (non-hydrogen) atoms. The van der Waals surface area contributed by atoms with E-state index >= 15 is 0 Å². The summed E-state index contributed by atoms with van der Waals surface area (Å²) < 4.78 is 81.0. The Bertz CT molecular complexity index is 324. The molecule has 0 radical (unpaired) electrons. The van der Waals surface area contributed by atoms with E-state index in [4.69, 9.17) is 0 Å². The number of hydrogen-bond donors (Lipinski definition) is 0. The van der Waals surface area contributed by atoms with Crippen LogP contribution in [0.4, 0.5) is 17.6 Å². The first-order valence-electron chi connectivity index (χ1n) is 4.26. The Hall–Kier alpha value is -0.370. The molecule has 0 amide bonds. The van der Waals surface area contributed by atoms with Crippen molar-refractivity contribution in [1.29, 1.82) is 0 Å². The van der Waals surface area contributed by atoms with Crippen LogP contribution in [0.1, 0.15) is 19.3 Å². The van der Waals surface area contributed by atoms with Gasteiger partial charge in [0.15, 0.2) is 0 Å². The smallest absolute Gasteiger partial charge is 0.391 e. The third-order valence-electron chi connectivity index (χ3n) is 2.48. The van der Waals surface area contributed by atoms with Crippen LogP contribution in [0.3, 0.4) is 0 Å². The zero-order chi connectivity index (χ0) is 11.9. The maximum atomic E-state index is 12.8. The Labute approximate surface area is 84.2 Å². The molecule has 0 N–H and O–H groups in total. The highest BCUT2D eigenvalue weighted by molar-refractivity contribution is 7.86. The van der Waals surface area contributed by atoms with Crippen molar-refractivity contribution in [2.75, 3.05) is 0 Å². The molecule has 0 spiro atoms. The molecule has 1 saturated carbocycles. The standard InChI is InChI=1S/C7H10F4O3S/c8-5-1-4(7(9,10)11)2-6(3-5)15(12,13)14/h4-6H,1-3H2,(H,12,13,14)/p-1. The zero-order valence-electron chi connectivity index (χ0n) is 7.50. The fourth-order valence-corrected chi connectivity index (χ4v) is 2.62. The molecule has 3 unspecified atom stereocenters. The monoisotopic (exact) mass is 249 g/mol. The second-order valence-electron chi connectivity index (χ2n) is 3.66. The highest BCUT2D eigenvalue weighted by Gasteiger charge is 2.46. The number of alkyl halides is 4. The van der Waals surface area contributed by atoms with Gasteiger partial charge in [-0.1, -0.05) is 0 Å². The molecule has 3 atom stereocenters. The molecule has 0 heterocycles. The third kappa shape index (κ3) is 3.30. The van der Waals surface area contributed by atoms with Crippen molar-refractivity contribution in [3.63, 3.8) is 0 Å². The molecule has 1 aliphatic carbocycles. The minimum absolute atomic E-state index is 0.627. The molecule has 90 valence electrons. The molecule has 1 aliphatic rings. The van der Waals surface area contributed by atoms with Crippen molar-refractivity contribution in [3.05, 3.63) is 0 Å². The lowest BCUT2D eigenvalue weighted by Gasteiger charge is -2.33. The van der Waals surface area contributed by atoms with E-state index in [1.165, 1.54) is 0 Å². The first kappa shape index (κ1) is 12.7. The predicted octanol–water partition coefficient (Wildman–Crippen LogP) is 1.60. The Morgan fingerprint density at radius 1 is 1.13 bits per heavy atom. The van der Waals surface area contributed by atoms with Crippen LogP contribution in [-0.2, 0) is 10.1 Å². The highest BCUT2D eigenvalue weighted by Crippen LogP contribution is 2.40. The average molecular weight is 249 g/mol. The summed E-state index contributed by atoms with van der Waals surface area (Å²) in [4.78, 5) is 0. The largest absolute Gasteiger partial charge is 0.748 e. The van der Waals surface area contributed by atoms with E-state index < -0.39 is 52.9 Å². The average Bonchev–Trinajstić information content (AvgIpc) is 1.99. The van der Waals surface area contributed by atoms with Crippen molar-refractivity contribution >= 4 is 10.1 Å². The molecule has 0 aromatic carbocycles. The van der Waals surface area contributed by atoms with Crippen LogP contribution in [0.25, 0.3) is 0 Å². The van der Waals surface area contributed by atoms with Gasteiger partial charge in [-0.15, -0.1) is 0 Å². The molecule has 1 rings (SSSR count). The second-order valence-corrected chi connectivity index (χ2v) is 5.31. The highest BCUT2D eigenvalue weighted by atomic mass is 32.2. The summed E-state index contributed by atoms with van der Waals surface area (Å²) in [5, 5.41) is -1.76. The van der Waals surface area contributed by atoms with E-state index in [0.29, 0.717) is 0 Å². The van der Waals surface area contributed by atoms with Gasteiger partial charge in [0.2, 0.25) is 0 Å². The Kier molecular flexibility index (Phi) is 3.30. The maximum absolute atomic E-state index is 12.8. The van der Waals surface area contributed by atoms with E-state index in [2.05, 4.69) is 0 Å². The first-order chi connectivity index (χ1) is 6.60. The lowest BCUT2D eigenvalue weighted by Crippen LogP contribution is -2.39. The van der Waals surface area contributed by atoms with Crippen LogP contribution in [-0.4, -0.2) is 30.6 Å². The molecule has 1 fully saturated rings. The second kappa shape index (κ2) is 3.89. The molecule has 0 aromatic heterocycles. The van der Waals surface area contributed by atoms with Gasteiger partial charge in [0.25, 0.3) is 0 Å². The van der Waals surface area contributed by atoms with Gasteiger partial charge in [-0.2, -0.15) is 13.2 Å². The van der Waals surface area contributed by atoms with Gasteiger partial charge in [-0.05, 0) is 19.3 Å².